The largest absolute Gasteiger partial charge is 0.462 e. The van der Waals surface area contributed by atoms with Crippen molar-refractivity contribution >= 4 is 17.9 Å². The quantitative estimate of drug-likeness (QED) is 0.0261. The van der Waals surface area contributed by atoms with Crippen molar-refractivity contribution in [3.8, 4) is 0 Å². The fourth-order valence-electron chi connectivity index (χ4n) is 8.39. The maximum absolute atomic E-state index is 12.9. The van der Waals surface area contributed by atoms with Gasteiger partial charge < -0.3 is 14.2 Å². The maximum atomic E-state index is 12.9. The molecule has 0 aromatic rings. The molecule has 0 aromatic heterocycles. The van der Waals surface area contributed by atoms with Crippen LogP contribution in [0.25, 0.3) is 0 Å². The number of ether oxygens (including phenoxy) is 3. The smallest absolute Gasteiger partial charge is 0.306 e. The van der Waals surface area contributed by atoms with Gasteiger partial charge in [-0.05, 0) is 83.5 Å². The zero-order valence-electron chi connectivity index (χ0n) is 47.2. The van der Waals surface area contributed by atoms with Gasteiger partial charge in [0.2, 0.25) is 0 Å². The molecule has 0 N–H and O–H groups in total. The highest BCUT2D eigenvalue weighted by Crippen LogP contribution is 2.16. The SMILES string of the molecule is CC/C=C\C/C=C\C/C=C\C/C=C\C/C=C\CCC(=O)OCC(COC(=O)CCCCCCCCCCC/C=C\C/C=C\C/C=C\CC)OC(=O)CCCCCCCCCCCCCCCCCCCCC. The molecule has 0 saturated heterocycles. The molecule has 0 spiro atoms. The van der Waals surface area contributed by atoms with E-state index in [2.05, 4.69) is 112 Å². The van der Waals surface area contributed by atoms with Gasteiger partial charge in [0.25, 0.3) is 0 Å². The molecule has 0 bridgehead atoms. The molecule has 0 aliphatic rings. The molecule has 0 radical (unpaired) electrons. The van der Waals surface area contributed by atoms with Gasteiger partial charge in [-0.15, -0.1) is 0 Å². The van der Waals surface area contributed by atoms with Gasteiger partial charge in [0.15, 0.2) is 6.10 Å². The monoisotopic (exact) mass is 1000 g/mol. The van der Waals surface area contributed by atoms with Crippen LogP contribution in [0.3, 0.4) is 0 Å². The van der Waals surface area contributed by atoms with Gasteiger partial charge in [-0.2, -0.15) is 0 Å². The summed E-state index contributed by atoms with van der Waals surface area (Å²) in [5, 5.41) is 0. The van der Waals surface area contributed by atoms with E-state index in [1.165, 1.54) is 148 Å². The summed E-state index contributed by atoms with van der Waals surface area (Å²) < 4.78 is 16.8. The molecule has 72 heavy (non-hydrogen) atoms. The number of hydrogen-bond donors (Lipinski definition) is 0. The summed E-state index contributed by atoms with van der Waals surface area (Å²) >= 11 is 0. The van der Waals surface area contributed by atoms with Gasteiger partial charge >= 0.3 is 17.9 Å². The van der Waals surface area contributed by atoms with E-state index in [0.717, 1.165) is 89.9 Å². The number of hydrogen-bond acceptors (Lipinski definition) is 6. The lowest BCUT2D eigenvalue weighted by atomic mass is 10.0. The third-order valence-electron chi connectivity index (χ3n) is 12.8. The number of rotatable bonds is 54. The average Bonchev–Trinajstić information content (AvgIpc) is 3.38. The second-order valence-electron chi connectivity index (χ2n) is 19.9. The molecule has 6 heteroatoms. The Hall–Kier alpha value is -3.67. The molecule has 1 unspecified atom stereocenters. The molecule has 0 aliphatic carbocycles. The van der Waals surface area contributed by atoms with Crippen molar-refractivity contribution in [3.05, 3.63) is 97.2 Å². The summed E-state index contributed by atoms with van der Waals surface area (Å²) in [7, 11) is 0. The molecule has 0 saturated carbocycles. The highest BCUT2D eigenvalue weighted by atomic mass is 16.6. The number of carbonyl (C=O) groups is 3. The highest BCUT2D eigenvalue weighted by molar-refractivity contribution is 5.71. The Kier molecular flexibility index (Phi) is 56.8. The van der Waals surface area contributed by atoms with Crippen LogP contribution in [-0.2, 0) is 28.6 Å². The first-order valence-corrected chi connectivity index (χ1v) is 30.2. The molecule has 0 aromatic carbocycles. The van der Waals surface area contributed by atoms with Crippen molar-refractivity contribution in [2.45, 2.75) is 290 Å². The van der Waals surface area contributed by atoms with Crippen LogP contribution in [-0.4, -0.2) is 37.2 Å². The first-order valence-electron chi connectivity index (χ1n) is 30.2. The average molecular weight is 1000 g/mol. The minimum Gasteiger partial charge on any atom is -0.462 e. The van der Waals surface area contributed by atoms with Crippen molar-refractivity contribution in [1.29, 1.82) is 0 Å². The fourth-order valence-corrected chi connectivity index (χ4v) is 8.39. The van der Waals surface area contributed by atoms with Crippen molar-refractivity contribution < 1.29 is 28.6 Å². The van der Waals surface area contributed by atoms with Crippen molar-refractivity contribution in [1.82, 2.24) is 0 Å². The van der Waals surface area contributed by atoms with Crippen LogP contribution in [0, 0.1) is 0 Å². The second-order valence-corrected chi connectivity index (χ2v) is 19.9. The maximum Gasteiger partial charge on any atom is 0.306 e. The number of carbonyl (C=O) groups excluding carboxylic acids is 3. The van der Waals surface area contributed by atoms with E-state index in [-0.39, 0.29) is 37.5 Å². The predicted molar refractivity (Wildman–Crippen MR) is 311 cm³/mol. The minimum atomic E-state index is -0.810. The first kappa shape index (κ1) is 68.3. The summed E-state index contributed by atoms with van der Waals surface area (Å²) in [6, 6.07) is 0. The zero-order valence-corrected chi connectivity index (χ0v) is 47.2. The Bertz CT molecular complexity index is 1430. The zero-order chi connectivity index (χ0) is 52.2. The molecular formula is C66H112O6. The molecule has 412 valence electrons. The Balaban J connectivity index is 4.45. The van der Waals surface area contributed by atoms with E-state index in [0.29, 0.717) is 19.3 Å². The van der Waals surface area contributed by atoms with Crippen LogP contribution in [0.4, 0.5) is 0 Å². The molecule has 0 heterocycles. The van der Waals surface area contributed by atoms with Gasteiger partial charge in [0, 0.05) is 19.3 Å². The van der Waals surface area contributed by atoms with Crippen molar-refractivity contribution in [2.75, 3.05) is 13.2 Å². The van der Waals surface area contributed by atoms with Crippen LogP contribution in [0.2, 0.25) is 0 Å². The molecular weight excluding hydrogens is 889 g/mol. The lowest BCUT2D eigenvalue weighted by Crippen LogP contribution is -2.30. The van der Waals surface area contributed by atoms with Crippen molar-refractivity contribution in [2.24, 2.45) is 0 Å². The third kappa shape index (κ3) is 57.2. The molecule has 0 fully saturated rings. The summed E-state index contributed by atoms with van der Waals surface area (Å²) in [5.41, 5.74) is 0. The second kappa shape index (κ2) is 59.9. The topological polar surface area (TPSA) is 78.9 Å². The molecule has 0 rings (SSSR count). The number of esters is 3. The molecule has 6 nitrogen and oxygen atoms in total. The summed E-state index contributed by atoms with van der Waals surface area (Å²) in [6.07, 6.45) is 79.9. The first-order chi connectivity index (χ1) is 35.5. The van der Waals surface area contributed by atoms with Crippen molar-refractivity contribution in [3.63, 3.8) is 0 Å². The fraction of sp³-hybridized carbons (Fsp3) is 0.712. The minimum absolute atomic E-state index is 0.102. The Labute approximate surface area is 445 Å². The standard InChI is InChI=1S/C66H112O6/c1-4-7-10-13-16-19-22-25-28-31-33-35-38-41-44-47-50-53-56-59-65(68)71-62-63(61-70-64(67)58-55-52-49-46-43-40-37-30-27-24-21-18-15-12-9-6-3)72-66(69)60-57-54-51-48-45-42-39-36-34-32-29-26-23-20-17-14-11-8-5-2/h7,9-10,12,16,18-19,21,25,27-28,30,40,43,49,52,63H,4-6,8,11,13-15,17,20,22-24,26,29,31-39,41-42,44-48,50-51,53-62H2,1-3H3/b10-7-,12-9-,19-16-,21-18-,28-25-,30-27-,43-40-,52-49-. The summed E-state index contributed by atoms with van der Waals surface area (Å²) in [4.78, 5) is 38.2. The summed E-state index contributed by atoms with van der Waals surface area (Å²) in [6.45, 7) is 6.38. The van der Waals surface area contributed by atoms with Crippen LogP contribution in [0.5, 0.6) is 0 Å². The van der Waals surface area contributed by atoms with Gasteiger partial charge in [-0.1, -0.05) is 279 Å². The normalized spacial score (nSPS) is 12.8. The van der Waals surface area contributed by atoms with E-state index in [4.69, 9.17) is 14.2 Å². The third-order valence-corrected chi connectivity index (χ3v) is 12.8. The van der Waals surface area contributed by atoms with E-state index in [1.54, 1.807) is 0 Å². The van der Waals surface area contributed by atoms with Gasteiger partial charge in [-0.3, -0.25) is 14.4 Å². The Morgan fingerprint density at radius 1 is 0.292 bits per heavy atom. The lowest BCUT2D eigenvalue weighted by Gasteiger charge is -2.18. The van der Waals surface area contributed by atoms with E-state index < -0.39 is 6.10 Å². The van der Waals surface area contributed by atoms with Crippen LogP contribution < -0.4 is 0 Å². The Morgan fingerprint density at radius 3 is 0.931 bits per heavy atom. The Morgan fingerprint density at radius 2 is 0.569 bits per heavy atom. The van der Waals surface area contributed by atoms with Gasteiger partial charge in [-0.25, -0.2) is 0 Å². The summed E-state index contributed by atoms with van der Waals surface area (Å²) in [5.74, 6) is -0.984. The van der Waals surface area contributed by atoms with Crippen LogP contribution in [0.15, 0.2) is 97.2 Å². The van der Waals surface area contributed by atoms with E-state index >= 15 is 0 Å². The van der Waals surface area contributed by atoms with E-state index in [9.17, 15) is 14.4 Å². The van der Waals surface area contributed by atoms with Crippen LogP contribution >= 0.6 is 0 Å². The van der Waals surface area contributed by atoms with Gasteiger partial charge in [0.05, 0.1) is 0 Å². The lowest BCUT2D eigenvalue weighted by molar-refractivity contribution is -0.166. The number of unbranched alkanes of at least 4 members (excludes halogenated alkanes) is 27. The number of allylic oxidation sites excluding steroid dienone is 16. The molecule has 1 atom stereocenters. The van der Waals surface area contributed by atoms with Gasteiger partial charge in [0.1, 0.15) is 13.2 Å². The van der Waals surface area contributed by atoms with E-state index in [1.807, 2.05) is 6.08 Å². The molecule has 0 aliphatic heterocycles. The highest BCUT2D eigenvalue weighted by Gasteiger charge is 2.19. The van der Waals surface area contributed by atoms with Crippen LogP contribution in [0.1, 0.15) is 284 Å². The molecule has 0 amide bonds. The predicted octanol–water partition coefficient (Wildman–Crippen LogP) is 20.5.